The van der Waals surface area contributed by atoms with Gasteiger partial charge in [-0.3, -0.25) is 9.69 Å². The number of carbonyl (C=O) groups excluding carboxylic acids is 1. The minimum atomic E-state index is -0.693. The first kappa shape index (κ1) is 23.8. The zero-order chi connectivity index (χ0) is 25.5. The highest BCUT2D eigenvalue weighted by molar-refractivity contribution is 5.97. The fraction of sp³-hybridized carbons (Fsp3) is 0.393. The molecule has 2 aromatic carbocycles. The van der Waals surface area contributed by atoms with Crippen molar-refractivity contribution in [2.75, 3.05) is 50.0 Å². The molecular formula is C28H31FN6O2. The Hall–Kier alpha value is -3.56. The number of hydrogen-bond donors (Lipinski definition) is 2. The fourth-order valence-electron chi connectivity index (χ4n) is 5.38. The normalized spacial score (nSPS) is 19.8. The summed E-state index contributed by atoms with van der Waals surface area (Å²) in [4.78, 5) is 25.6. The molecule has 3 N–H and O–H groups in total. The molecule has 37 heavy (non-hydrogen) atoms. The number of aromatic nitrogens is 2. The third-order valence-electron chi connectivity index (χ3n) is 7.46. The monoisotopic (exact) mass is 502 g/mol. The van der Waals surface area contributed by atoms with E-state index in [0.29, 0.717) is 30.0 Å². The van der Waals surface area contributed by atoms with Crippen LogP contribution in [0.1, 0.15) is 34.8 Å². The van der Waals surface area contributed by atoms with Crippen LogP contribution in [-0.2, 0) is 17.7 Å². The first-order valence-electron chi connectivity index (χ1n) is 12.9. The Balaban J connectivity index is 1.39. The second-order valence-corrected chi connectivity index (χ2v) is 10.1. The fourth-order valence-corrected chi connectivity index (χ4v) is 5.38. The number of nitrogens with zero attached hydrogens (tertiary/aromatic N) is 4. The molecule has 3 aliphatic heterocycles. The van der Waals surface area contributed by atoms with Crippen molar-refractivity contribution < 1.29 is 13.9 Å². The van der Waals surface area contributed by atoms with Crippen LogP contribution >= 0.6 is 0 Å². The minimum absolute atomic E-state index is 0.0289. The van der Waals surface area contributed by atoms with Gasteiger partial charge in [-0.05, 0) is 68.2 Å². The lowest BCUT2D eigenvalue weighted by molar-refractivity contribution is 0.0531. The van der Waals surface area contributed by atoms with Crippen LogP contribution in [0.4, 0.5) is 15.9 Å². The highest BCUT2D eigenvalue weighted by Gasteiger charge is 2.24. The molecule has 6 rings (SSSR count). The Morgan fingerprint density at radius 1 is 1.11 bits per heavy atom. The predicted molar refractivity (Wildman–Crippen MR) is 141 cm³/mol. The van der Waals surface area contributed by atoms with Gasteiger partial charge in [0.05, 0.1) is 12.7 Å². The summed E-state index contributed by atoms with van der Waals surface area (Å²) in [6.45, 7) is 7.95. The summed E-state index contributed by atoms with van der Waals surface area (Å²) in [6.07, 6.45) is 2.08. The van der Waals surface area contributed by atoms with E-state index in [1.54, 1.807) is 12.1 Å². The van der Waals surface area contributed by atoms with Crippen molar-refractivity contribution in [3.8, 4) is 22.5 Å². The average Bonchev–Trinajstić information content (AvgIpc) is 2.86. The standard InChI is InChI=1S/C28H31FN6O2/c1-17-15-35(11-12-37-17)23-6-4-19(14-21(23)16-34-9-2-10-34)24-26(29)33-27(30)25(32-24)20-3-5-22-18(13-20)7-8-31-28(22)36/h3-6,13-14,17H,2,7-12,15-16H2,1H3,(H2,30,33)(H,31,36). The van der Waals surface area contributed by atoms with E-state index in [2.05, 4.69) is 38.1 Å². The number of fused-ring (bicyclic) bond motifs is 1. The van der Waals surface area contributed by atoms with Crippen molar-refractivity contribution in [3.63, 3.8) is 0 Å². The lowest BCUT2D eigenvalue weighted by Crippen LogP contribution is -2.42. The molecule has 1 unspecified atom stereocenters. The van der Waals surface area contributed by atoms with Crippen LogP contribution in [-0.4, -0.2) is 66.2 Å². The third kappa shape index (κ3) is 4.65. The first-order valence-corrected chi connectivity index (χ1v) is 12.9. The molecule has 0 radical (unpaired) electrons. The molecule has 2 saturated heterocycles. The second kappa shape index (κ2) is 9.72. The van der Waals surface area contributed by atoms with Crippen LogP contribution in [0.3, 0.4) is 0 Å². The number of nitrogens with one attached hydrogen (secondary N) is 1. The van der Waals surface area contributed by atoms with E-state index < -0.39 is 5.95 Å². The van der Waals surface area contributed by atoms with E-state index in [4.69, 9.17) is 10.5 Å². The number of benzene rings is 2. The molecule has 1 aromatic heterocycles. The van der Waals surface area contributed by atoms with Gasteiger partial charge in [-0.15, -0.1) is 0 Å². The third-order valence-corrected chi connectivity index (χ3v) is 7.46. The van der Waals surface area contributed by atoms with Gasteiger partial charge in [0.1, 0.15) is 11.4 Å². The number of carbonyl (C=O) groups is 1. The summed E-state index contributed by atoms with van der Waals surface area (Å²) in [7, 11) is 0. The molecule has 9 heteroatoms. The molecular weight excluding hydrogens is 471 g/mol. The topological polar surface area (TPSA) is 96.6 Å². The molecule has 3 aromatic rings. The van der Waals surface area contributed by atoms with Crippen molar-refractivity contribution in [2.45, 2.75) is 32.4 Å². The van der Waals surface area contributed by atoms with Gasteiger partial charge in [-0.2, -0.15) is 9.37 Å². The van der Waals surface area contributed by atoms with Crippen LogP contribution in [0.15, 0.2) is 36.4 Å². The number of halogens is 1. The first-order chi connectivity index (χ1) is 18.0. The number of hydrogen-bond acceptors (Lipinski definition) is 7. The summed E-state index contributed by atoms with van der Waals surface area (Å²) in [5.74, 6) is -0.751. The molecule has 4 heterocycles. The molecule has 8 nitrogen and oxygen atoms in total. The maximum atomic E-state index is 15.2. The van der Waals surface area contributed by atoms with E-state index in [1.165, 1.54) is 6.42 Å². The molecule has 0 spiro atoms. The largest absolute Gasteiger partial charge is 0.382 e. The number of nitrogens with two attached hydrogens (primary N) is 1. The van der Waals surface area contributed by atoms with E-state index in [0.717, 1.165) is 61.5 Å². The molecule has 0 saturated carbocycles. The van der Waals surface area contributed by atoms with Gasteiger partial charge < -0.3 is 20.7 Å². The predicted octanol–water partition coefficient (Wildman–Crippen LogP) is 3.25. The number of morpholine rings is 1. The molecule has 1 amide bonds. The van der Waals surface area contributed by atoms with E-state index in [-0.39, 0.29) is 23.5 Å². The number of ether oxygens (including phenoxy) is 1. The summed E-state index contributed by atoms with van der Waals surface area (Å²) in [5, 5.41) is 2.85. The van der Waals surface area contributed by atoms with Gasteiger partial charge in [0, 0.05) is 48.6 Å². The van der Waals surface area contributed by atoms with Gasteiger partial charge in [-0.25, -0.2) is 4.98 Å². The van der Waals surface area contributed by atoms with Crippen LogP contribution in [0.2, 0.25) is 0 Å². The average molecular weight is 503 g/mol. The smallest absolute Gasteiger partial charge is 0.251 e. The van der Waals surface area contributed by atoms with E-state index in [1.807, 2.05) is 18.2 Å². The molecule has 1 atom stereocenters. The van der Waals surface area contributed by atoms with Gasteiger partial charge in [0.2, 0.25) is 5.95 Å². The van der Waals surface area contributed by atoms with E-state index >= 15 is 4.39 Å². The second-order valence-electron chi connectivity index (χ2n) is 10.1. The van der Waals surface area contributed by atoms with Gasteiger partial charge in [0.15, 0.2) is 5.82 Å². The van der Waals surface area contributed by atoms with Crippen LogP contribution in [0.25, 0.3) is 22.5 Å². The number of likely N-dealkylation sites (tertiary alicyclic amines) is 1. The summed E-state index contributed by atoms with van der Waals surface area (Å²) >= 11 is 0. The van der Waals surface area contributed by atoms with Crippen molar-refractivity contribution in [1.82, 2.24) is 20.2 Å². The highest BCUT2D eigenvalue weighted by Crippen LogP contribution is 2.34. The Kier molecular flexibility index (Phi) is 6.26. The molecule has 2 fully saturated rings. The summed E-state index contributed by atoms with van der Waals surface area (Å²) in [6, 6.07) is 11.5. The summed E-state index contributed by atoms with van der Waals surface area (Å²) < 4.78 is 20.9. The maximum Gasteiger partial charge on any atom is 0.251 e. The van der Waals surface area contributed by atoms with Crippen LogP contribution < -0.4 is 16.0 Å². The Morgan fingerprint density at radius 3 is 2.70 bits per heavy atom. The minimum Gasteiger partial charge on any atom is -0.382 e. The zero-order valence-corrected chi connectivity index (χ0v) is 21.0. The van der Waals surface area contributed by atoms with Crippen LogP contribution in [0, 0.1) is 5.95 Å². The molecule has 0 aliphatic carbocycles. The molecule has 0 bridgehead atoms. The number of rotatable bonds is 5. The number of nitrogen functional groups attached to an aromatic ring is 1. The van der Waals surface area contributed by atoms with E-state index in [9.17, 15) is 4.79 Å². The molecule has 3 aliphatic rings. The highest BCUT2D eigenvalue weighted by atomic mass is 19.1. The SMILES string of the molecule is CC1CN(c2ccc(-c3nc(-c4ccc5c(c4)CCNC5=O)c(N)nc3F)cc2CN2CCC2)CCO1. The summed E-state index contributed by atoms with van der Waals surface area (Å²) in [5.41, 5.74) is 12.0. The lowest BCUT2D eigenvalue weighted by atomic mass is 9.96. The molecule has 192 valence electrons. The lowest BCUT2D eigenvalue weighted by Gasteiger charge is -2.36. The number of amides is 1. The maximum absolute atomic E-state index is 15.2. The van der Waals surface area contributed by atoms with Gasteiger partial charge in [0.25, 0.3) is 5.91 Å². The van der Waals surface area contributed by atoms with Crippen molar-refractivity contribution in [2.24, 2.45) is 0 Å². The van der Waals surface area contributed by atoms with Crippen molar-refractivity contribution in [1.29, 1.82) is 0 Å². The zero-order valence-electron chi connectivity index (χ0n) is 21.0. The van der Waals surface area contributed by atoms with Crippen molar-refractivity contribution in [3.05, 3.63) is 59.0 Å². The Morgan fingerprint density at radius 2 is 1.92 bits per heavy atom. The van der Waals surface area contributed by atoms with Crippen LogP contribution in [0.5, 0.6) is 0 Å². The quantitative estimate of drug-likeness (QED) is 0.553. The van der Waals surface area contributed by atoms with Crippen molar-refractivity contribution >= 4 is 17.4 Å². The van der Waals surface area contributed by atoms with Gasteiger partial charge in [-0.1, -0.05) is 12.1 Å². The number of anilines is 2. The Labute approximate surface area is 215 Å². The van der Waals surface area contributed by atoms with Gasteiger partial charge >= 0.3 is 0 Å². The Bertz CT molecular complexity index is 1360.